The number of nitrogens with one attached hydrogen (secondary N) is 1. The van der Waals surface area contributed by atoms with E-state index >= 15 is 0 Å². The number of rotatable bonds is 3. The van der Waals surface area contributed by atoms with Gasteiger partial charge in [-0.2, -0.15) is 0 Å². The predicted octanol–water partition coefficient (Wildman–Crippen LogP) is 0.357. The van der Waals surface area contributed by atoms with Crippen LogP contribution in [0.25, 0.3) is 0 Å². The number of pyridine rings is 1. The van der Waals surface area contributed by atoms with Crippen molar-refractivity contribution in [3.05, 3.63) is 40.3 Å². The highest BCUT2D eigenvalue weighted by Crippen LogP contribution is 2.08. The second-order valence-corrected chi connectivity index (χ2v) is 2.93. The van der Waals surface area contributed by atoms with Gasteiger partial charge in [0.15, 0.2) is 5.82 Å². The highest BCUT2D eigenvalue weighted by Gasteiger charge is 2.02. The molecule has 0 radical (unpaired) electrons. The molecule has 15 heavy (non-hydrogen) atoms. The molecule has 2 rings (SSSR count). The summed E-state index contributed by atoms with van der Waals surface area (Å²) in [5, 5.41) is 3.55. The fourth-order valence-electron chi connectivity index (χ4n) is 1.17. The van der Waals surface area contributed by atoms with Crippen molar-refractivity contribution in [3.8, 4) is 5.88 Å². The quantitative estimate of drug-likeness (QED) is 0.785. The third-order valence-electron chi connectivity index (χ3n) is 1.86. The fraction of sp³-hybridized carbons (Fsp3) is 0.222. The molecule has 0 aliphatic carbocycles. The predicted molar refractivity (Wildman–Crippen MR) is 50.7 cm³/mol. The molecule has 0 amide bonds. The SMILES string of the molecule is COc1ccc(Cc2noc(=O)[nH]2)cn1. The number of hydrogen-bond donors (Lipinski definition) is 1. The van der Waals surface area contributed by atoms with Crippen molar-refractivity contribution in [1.82, 2.24) is 15.1 Å². The summed E-state index contributed by atoms with van der Waals surface area (Å²) in [5.41, 5.74) is 0.917. The first-order chi connectivity index (χ1) is 7.28. The number of H-pyrrole nitrogens is 1. The normalized spacial score (nSPS) is 10.2. The van der Waals surface area contributed by atoms with E-state index in [9.17, 15) is 4.79 Å². The topological polar surface area (TPSA) is 81.0 Å². The van der Waals surface area contributed by atoms with Crippen molar-refractivity contribution in [1.29, 1.82) is 0 Å². The summed E-state index contributed by atoms with van der Waals surface area (Å²) in [4.78, 5) is 17.1. The van der Waals surface area contributed by atoms with Gasteiger partial charge < -0.3 is 4.74 Å². The zero-order valence-electron chi connectivity index (χ0n) is 8.06. The number of hydrogen-bond acceptors (Lipinski definition) is 5. The van der Waals surface area contributed by atoms with Crippen molar-refractivity contribution < 1.29 is 9.26 Å². The van der Waals surface area contributed by atoms with Gasteiger partial charge in [-0.3, -0.25) is 9.51 Å². The average Bonchev–Trinajstić information content (AvgIpc) is 2.65. The summed E-state index contributed by atoms with van der Waals surface area (Å²) >= 11 is 0. The fourth-order valence-corrected chi connectivity index (χ4v) is 1.17. The molecule has 0 aromatic carbocycles. The maximum atomic E-state index is 10.7. The molecule has 0 atom stereocenters. The van der Waals surface area contributed by atoms with Crippen LogP contribution in [0.3, 0.4) is 0 Å². The van der Waals surface area contributed by atoms with Crippen LogP contribution in [0.4, 0.5) is 0 Å². The molecule has 0 fully saturated rings. The number of methoxy groups -OCH3 is 1. The summed E-state index contributed by atoms with van der Waals surface area (Å²) in [6.07, 6.45) is 2.13. The van der Waals surface area contributed by atoms with E-state index in [1.165, 1.54) is 0 Å². The molecule has 78 valence electrons. The van der Waals surface area contributed by atoms with E-state index in [0.29, 0.717) is 18.1 Å². The van der Waals surface area contributed by atoms with Gasteiger partial charge in [0.2, 0.25) is 5.88 Å². The first kappa shape index (κ1) is 9.45. The molecule has 2 aromatic heterocycles. The van der Waals surface area contributed by atoms with E-state index in [1.807, 2.05) is 6.07 Å². The van der Waals surface area contributed by atoms with Crippen LogP contribution >= 0.6 is 0 Å². The van der Waals surface area contributed by atoms with Crippen LogP contribution in [0.5, 0.6) is 5.88 Å². The second-order valence-electron chi connectivity index (χ2n) is 2.93. The molecule has 0 aliphatic rings. The highest BCUT2D eigenvalue weighted by atomic mass is 16.5. The van der Waals surface area contributed by atoms with Gasteiger partial charge in [0.1, 0.15) is 0 Å². The van der Waals surface area contributed by atoms with Crippen molar-refractivity contribution >= 4 is 0 Å². The Morgan fingerprint density at radius 3 is 2.93 bits per heavy atom. The van der Waals surface area contributed by atoms with Crippen LogP contribution in [0.2, 0.25) is 0 Å². The Hall–Kier alpha value is -2.11. The molecule has 0 saturated carbocycles. The van der Waals surface area contributed by atoms with E-state index in [4.69, 9.17) is 4.74 Å². The zero-order chi connectivity index (χ0) is 10.7. The molecule has 0 spiro atoms. The molecule has 0 saturated heterocycles. The lowest BCUT2D eigenvalue weighted by atomic mass is 10.2. The maximum Gasteiger partial charge on any atom is 0.438 e. The minimum Gasteiger partial charge on any atom is -0.481 e. The third kappa shape index (κ3) is 2.22. The van der Waals surface area contributed by atoms with Gasteiger partial charge in [0, 0.05) is 18.7 Å². The summed E-state index contributed by atoms with van der Waals surface area (Å²) in [6.45, 7) is 0. The van der Waals surface area contributed by atoms with Crippen LogP contribution in [0.15, 0.2) is 27.6 Å². The molecule has 0 aliphatic heterocycles. The van der Waals surface area contributed by atoms with Crippen molar-refractivity contribution in [3.63, 3.8) is 0 Å². The van der Waals surface area contributed by atoms with Gasteiger partial charge >= 0.3 is 5.76 Å². The van der Waals surface area contributed by atoms with E-state index < -0.39 is 5.76 Å². The van der Waals surface area contributed by atoms with E-state index in [1.54, 1.807) is 19.4 Å². The number of aromatic nitrogens is 3. The van der Waals surface area contributed by atoms with Gasteiger partial charge in [0.25, 0.3) is 0 Å². The Bertz CT molecular complexity index is 486. The maximum absolute atomic E-state index is 10.7. The minimum absolute atomic E-state index is 0.475. The Morgan fingerprint density at radius 1 is 1.53 bits per heavy atom. The Balaban J connectivity index is 2.14. The van der Waals surface area contributed by atoms with Gasteiger partial charge in [-0.15, -0.1) is 0 Å². The summed E-state index contributed by atoms with van der Waals surface area (Å²) in [7, 11) is 1.55. The lowest BCUT2D eigenvalue weighted by Gasteiger charge is -1.99. The lowest BCUT2D eigenvalue weighted by Crippen LogP contribution is -1.98. The average molecular weight is 207 g/mol. The minimum atomic E-state index is -0.550. The highest BCUT2D eigenvalue weighted by molar-refractivity contribution is 5.20. The second kappa shape index (κ2) is 3.95. The summed E-state index contributed by atoms with van der Waals surface area (Å²) in [6, 6.07) is 3.59. The first-order valence-corrected chi connectivity index (χ1v) is 4.32. The molecule has 0 unspecified atom stereocenters. The lowest BCUT2D eigenvalue weighted by molar-refractivity contribution is 0.382. The van der Waals surface area contributed by atoms with Crippen LogP contribution in [-0.4, -0.2) is 22.2 Å². The number of ether oxygens (including phenoxy) is 1. The van der Waals surface area contributed by atoms with Gasteiger partial charge in [-0.1, -0.05) is 11.2 Å². The van der Waals surface area contributed by atoms with Crippen molar-refractivity contribution in [2.45, 2.75) is 6.42 Å². The van der Waals surface area contributed by atoms with E-state index in [-0.39, 0.29) is 0 Å². The number of nitrogens with zero attached hydrogens (tertiary/aromatic N) is 2. The Kier molecular flexibility index (Phi) is 2.49. The van der Waals surface area contributed by atoms with Crippen LogP contribution < -0.4 is 10.5 Å². The van der Waals surface area contributed by atoms with Gasteiger partial charge in [-0.25, -0.2) is 9.78 Å². The van der Waals surface area contributed by atoms with E-state index in [2.05, 4.69) is 19.6 Å². The zero-order valence-corrected chi connectivity index (χ0v) is 8.06. The van der Waals surface area contributed by atoms with Crippen molar-refractivity contribution in [2.24, 2.45) is 0 Å². The van der Waals surface area contributed by atoms with Gasteiger partial charge in [-0.05, 0) is 5.56 Å². The van der Waals surface area contributed by atoms with Crippen LogP contribution in [0, 0.1) is 0 Å². The van der Waals surface area contributed by atoms with Crippen molar-refractivity contribution in [2.75, 3.05) is 7.11 Å². The Labute approximate surface area is 84.9 Å². The van der Waals surface area contributed by atoms with E-state index in [0.717, 1.165) is 5.56 Å². The molecule has 0 bridgehead atoms. The molecule has 1 N–H and O–H groups in total. The van der Waals surface area contributed by atoms with Gasteiger partial charge in [0.05, 0.1) is 7.11 Å². The van der Waals surface area contributed by atoms with Crippen LogP contribution in [0.1, 0.15) is 11.4 Å². The third-order valence-corrected chi connectivity index (χ3v) is 1.86. The Morgan fingerprint density at radius 2 is 2.40 bits per heavy atom. The smallest absolute Gasteiger partial charge is 0.438 e. The van der Waals surface area contributed by atoms with Crippen LogP contribution in [-0.2, 0) is 6.42 Å². The molecule has 6 heteroatoms. The largest absolute Gasteiger partial charge is 0.481 e. The monoisotopic (exact) mass is 207 g/mol. The summed E-state index contributed by atoms with van der Waals surface area (Å²) < 4.78 is 9.30. The molecule has 2 aromatic rings. The summed E-state index contributed by atoms with van der Waals surface area (Å²) in [5.74, 6) is 0.478. The molecule has 2 heterocycles. The number of aromatic amines is 1. The standard InChI is InChI=1S/C9H9N3O3/c1-14-8-3-2-6(5-10-8)4-7-11-9(13)15-12-7/h2-3,5H,4H2,1H3,(H,11,12,13). The first-order valence-electron chi connectivity index (χ1n) is 4.32. The molecule has 6 nitrogen and oxygen atoms in total. The molecular weight excluding hydrogens is 198 g/mol. The molecular formula is C9H9N3O3.